The Morgan fingerprint density at radius 2 is 1.25 bits per heavy atom. The van der Waals surface area contributed by atoms with E-state index < -0.39 is 0 Å². The highest BCUT2D eigenvalue weighted by Crippen LogP contribution is 2.58. The summed E-state index contributed by atoms with van der Waals surface area (Å²) in [5.74, 6) is 1.80. The second-order valence-corrected chi connectivity index (χ2v) is 11.6. The van der Waals surface area contributed by atoms with Crippen molar-refractivity contribution < 1.29 is 19.1 Å². The highest BCUT2D eigenvalue weighted by Gasteiger charge is 2.32. The lowest BCUT2D eigenvalue weighted by Gasteiger charge is -2.25. The third kappa shape index (κ3) is 5.35. The molecule has 3 aliphatic rings. The molecule has 7 heteroatoms. The van der Waals surface area contributed by atoms with Crippen LogP contribution in [0.5, 0.6) is 11.5 Å². The minimum absolute atomic E-state index is 0.0645. The number of ether oxygens (including phenoxy) is 2. The van der Waals surface area contributed by atoms with Crippen LogP contribution in [0.15, 0.2) is 32.4 Å². The molecule has 1 aliphatic heterocycles. The lowest BCUT2D eigenvalue weighted by Crippen LogP contribution is -2.25. The maximum absolute atomic E-state index is 12.8. The van der Waals surface area contributed by atoms with Crippen LogP contribution in [0.4, 0.5) is 0 Å². The first kappa shape index (κ1) is 23.3. The van der Waals surface area contributed by atoms with Gasteiger partial charge in [0.2, 0.25) is 0 Å². The van der Waals surface area contributed by atoms with Crippen LogP contribution in [-0.4, -0.2) is 11.9 Å². The van der Waals surface area contributed by atoms with Crippen molar-refractivity contribution in [3.63, 3.8) is 0 Å². The number of benzene rings is 1. The molecule has 32 heavy (non-hydrogen) atoms. The van der Waals surface area contributed by atoms with Gasteiger partial charge < -0.3 is 9.47 Å². The summed E-state index contributed by atoms with van der Waals surface area (Å²) >= 11 is 2.79. The van der Waals surface area contributed by atoms with Crippen molar-refractivity contribution in [1.82, 2.24) is 0 Å². The molecular formula is C25H29NO4S2. The van der Waals surface area contributed by atoms with Gasteiger partial charge in [-0.1, -0.05) is 37.4 Å². The van der Waals surface area contributed by atoms with Crippen molar-refractivity contribution in [3.8, 4) is 11.5 Å². The van der Waals surface area contributed by atoms with Gasteiger partial charge >= 0.3 is 11.9 Å². The number of hydrogen-bond donors (Lipinski definition) is 0. The van der Waals surface area contributed by atoms with Crippen molar-refractivity contribution in [2.75, 3.05) is 0 Å². The number of esters is 2. The Kier molecular flexibility index (Phi) is 7.52. The first-order valence-electron chi connectivity index (χ1n) is 11.5. The zero-order valence-electron chi connectivity index (χ0n) is 18.6. The van der Waals surface area contributed by atoms with Crippen molar-refractivity contribution in [1.29, 1.82) is 0 Å². The number of thioether (sulfide) groups is 2. The molecule has 0 amide bonds. The molecule has 0 spiro atoms. The topological polar surface area (TPSA) is 57.0 Å². The molecular weight excluding hydrogens is 442 g/mol. The lowest BCUT2D eigenvalue weighted by atomic mass is 9.83. The number of carbonyl (C=O) groups excluding carboxylic acids is 2. The molecule has 1 heterocycles. The molecule has 1 aromatic rings. The summed E-state index contributed by atoms with van der Waals surface area (Å²) < 4.78 is 12.4. The first-order chi connectivity index (χ1) is 15.4. The van der Waals surface area contributed by atoms with Crippen molar-refractivity contribution in [2.45, 2.75) is 75.0 Å². The maximum Gasteiger partial charge on any atom is 0.314 e. The van der Waals surface area contributed by atoms with E-state index in [-0.39, 0.29) is 23.8 Å². The summed E-state index contributed by atoms with van der Waals surface area (Å²) in [5, 5.41) is 0. The van der Waals surface area contributed by atoms with Crippen molar-refractivity contribution in [2.24, 2.45) is 23.7 Å². The van der Waals surface area contributed by atoms with E-state index in [4.69, 9.17) is 16.0 Å². The van der Waals surface area contributed by atoms with Crippen molar-refractivity contribution in [3.05, 3.63) is 34.0 Å². The molecule has 170 valence electrons. The number of fused-ring (bicyclic) bond motifs is 1. The van der Waals surface area contributed by atoms with Gasteiger partial charge in [-0.3, -0.25) is 9.59 Å². The molecule has 0 bridgehead atoms. The van der Waals surface area contributed by atoms with E-state index in [0.29, 0.717) is 23.3 Å². The summed E-state index contributed by atoms with van der Waals surface area (Å²) in [6, 6.07) is 3.45. The Bertz CT molecular complexity index is 884. The minimum atomic E-state index is -0.187. The Balaban J connectivity index is 1.52. The number of rotatable bonds is 4. The Morgan fingerprint density at radius 1 is 0.844 bits per heavy atom. The van der Waals surface area contributed by atoms with E-state index in [2.05, 4.69) is 18.7 Å². The molecule has 0 unspecified atom stereocenters. The van der Waals surface area contributed by atoms with Gasteiger partial charge in [0, 0.05) is 4.24 Å². The van der Waals surface area contributed by atoms with E-state index in [1.165, 1.54) is 29.7 Å². The first-order valence-corrected chi connectivity index (χ1v) is 13.1. The molecule has 2 saturated carbocycles. The van der Waals surface area contributed by atoms with Crippen LogP contribution in [0.3, 0.4) is 0 Å². The third-order valence-electron chi connectivity index (χ3n) is 6.73. The molecule has 2 fully saturated rings. The zero-order chi connectivity index (χ0) is 22.7. The molecule has 0 atom stereocenters. The van der Waals surface area contributed by atoms with Gasteiger partial charge in [0.05, 0.1) is 28.2 Å². The van der Waals surface area contributed by atoms with Gasteiger partial charge in [0.1, 0.15) is 11.5 Å². The lowest BCUT2D eigenvalue weighted by molar-refractivity contribution is -0.141. The third-order valence-corrected chi connectivity index (χ3v) is 9.20. The van der Waals surface area contributed by atoms with Crippen LogP contribution in [0.1, 0.15) is 65.2 Å². The van der Waals surface area contributed by atoms with Gasteiger partial charge in [0.15, 0.2) is 6.20 Å². The maximum atomic E-state index is 12.8. The van der Waals surface area contributed by atoms with Gasteiger partial charge in [0.25, 0.3) is 0 Å². The van der Waals surface area contributed by atoms with E-state index in [1.54, 1.807) is 12.1 Å². The van der Waals surface area contributed by atoms with Crippen LogP contribution >= 0.6 is 23.5 Å². The van der Waals surface area contributed by atoms with Crippen LogP contribution < -0.4 is 9.47 Å². The van der Waals surface area contributed by atoms with E-state index >= 15 is 0 Å². The highest BCUT2D eigenvalue weighted by molar-refractivity contribution is 8.24. The normalized spacial score (nSPS) is 27.2. The molecule has 0 N–H and O–H groups in total. The molecule has 0 aromatic heterocycles. The predicted octanol–water partition coefficient (Wildman–Crippen LogP) is 7.07. The molecule has 1 aromatic carbocycles. The van der Waals surface area contributed by atoms with E-state index in [9.17, 15) is 9.59 Å². The quantitative estimate of drug-likeness (QED) is 0.266. The van der Waals surface area contributed by atoms with Crippen LogP contribution in [0.2, 0.25) is 0 Å². The van der Waals surface area contributed by atoms with E-state index in [0.717, 1.165) is 65.4 Å². The summed E-state index contributed by atoms with van der Waals surface area (Å²) in [7, 11) is 0. The largest absolute Gasteiger partial charge is 0.425 e. The van der Waals surface area contributed by atoms with Crippen LogP contribution in [0, 0.1) is 30.2 Å². The Morgan fingerprint density at radius 3 is 1.62 bits per heavy atom. The highest BCUT2D eigenvalue weighted by atomic mass is 32.2. The fraction of sp³-hybridized carbons (Fsp3) is 0.560. The Labute approximate surface area is 198 Å². The van der Waals surface area contributed by atoms with Crippen LogP contribution in [-0.2, 0) is 9.59 Å². The second kappa shape index (κ2) is 10.4. The molecule has 0 saturated heterocycles. The fourth-order valence-electron chi connectivity index (χ4n) is 4.58. The summed E-state index contributed by atoms with van der Waals surface area (Å²) in [4.78, 5) is 30.5. The molecule has 5 nitrogen and oxygen atoms in total. The monoisotopic (exact) mass is 471 g/mol. The van der Waals surface area contributed by atoms with Gasteiger partial charge in [-0.15, -0.1) is 0 Å². The summed E-state index contributed by atoms with van der Waals surface area (Å²) in [6.07, 6.45) is 9.11. The Hall–Kier alpha value is -1.91. The van der Waals surface area contributed by atoms with Gasteiger partial charge in [-0.25, -0.2) is 4.85 Å². The number of nitrogens with zero attached hydrogens (tertiary/aromatic N) is 1. The average Bonchev–Trinajstić information content (AvgIpc) is 3.21. The van der Waals surface area contributed by atoms with E-state index in [1.807, 2.05) is 0 Å². The fourth-order valence-corrected chi connectivity index (χ4v) is 6.92. The smallest absolute Gasteiger partial charge is 0.314 e. The van der Waals surface area contributed by atoms with Gasteiger partial charge in [-0.2, -0.15) is 0 Å². The number of hydrogen-bond acceptors (Lipinski definition) is 6. The standard InChI is InChI=1S/C25H29NO4S2/c1-15-4-8-17(9-5-15)24(27)29-19-12-13-20(23-22(19)31-21(32-23)14-26-3)30-25(28)18-10-6-16(2)7-11-18/h12-18H,4-11H2,1-2H3. The van der Waals surface area contributed by atoms with Crippen LogP contribution in [0.25, 0.3) is 4.85 Å². The predicted molar refractivity (Wildman–Crippen MR) is 126 cm³/mol. The van der Waals surface area contributed by atoms with Gasteiger partial charge in [-0.05, 0) is 75.3 Å². The summed E-state index contributed by atoms with van der Waals surface area (Å²) in [6.45, 7) is 11.6. The minimum Gasteiger partial charge on any atom is -0.425 e. The number of carbonyl (C=O) groups is 2. The SMILES string of the molecule is [C-]#[N+]C=C1Sc2c(OC(=O)C3CCC(C)CC3)ccc(OC(=O)C3CCC(C)CC3)c2S1. The van der Waals surface area contributed by atoms with Crippen molar-refractivity contribution >= 4 is 35.5 Å². The summed E-state index contributed by atoms with van der Waals surface area (Å²) in [5.41, 5.74) is 0. The molecule has 0 radical (unpaired) electrons. The second-order valence-electron chi connectivity index (χ2n) is 9.26. The molecule has 4 rings (SSSR count). The average molecular weight is 472 g/mol. The zero-order valence-corrected chi connectivity index (χ0v) is 20.2. The molecule has 2 aliphatic carbocycles.